The second-order valence-corrected chi connectivity index (χ2v) is 4.57. The summed E-state index contributed by atoms with van der Waals surface area (Å²) in [7, 11) is 1.68. The van der Waals surface area contributed by atoms with Crippen molar-refractivity contribution in [2.45, 2.75) is 5.32 Å². The van der Waals surface area contributed by atoms with Crippen molar-refractivity contribution in [2.75, 3.05) is 7.11 Å². The third kappa shape index (κ3) is 2.72. The molecule has 0 aliphatic heterocycles. The molecule has 0 saturated heterocycles. The molecule has 12 heavy (non-hydrogen) atoms. The summed E-state index contributed by atoms with van der Waals surface area (Å²) in [6.45, 7) is 3.70. The van der Waals surface area contributed by atoms with Gasteiger partial charge < -0.3 is 0 Å². The molecule has 1 aromatic rings. The fourth-order valence-electron chi connectivity index (χ4n) is 0.827. The maximum absolute atomic E-state index is 5.06. The third-order valence-electron chi connectivity index (χ3n) is 1.43. The van der Waals surface area contributed by atoms with Gasteiger partial charge in [0.2, 0.25) is 0 Å². The quantitative estimate of drug-likeness (QED) is 0.561. The first kappa shape index (κ1) is 9.37. The number of methoxy groups -OCH3 is 1. The average molecular weight is 227 g/mol. The second-order valence-electron chi connectivity index (χ2n) is 2.28. The molecule has 0 unspecified atom stereocenters. The summed E-state index contributed by atoms with van der Waals surface area (Å²) in [4.78, 5) is 0. The second kappa shape index (κ2) is 5.02. The molecule has 0 N–H and O–H groups in total. The molecule has 0 heterocycles. The molecule has 0 saturated carbocycles. The van der Waals surface area contributed by atoms with E-state index in [2.05, 4.69) is 18.7 Å². The molecule has 1 nitrogen and oxygen atoms in total. The van der Waals surface area contributed by atoms with Crippen LogP contribution < -0.4 is 9.20 Å². The van der Waals surface area contributed by atoms with E-state index in [-0.39, 0.29) is 0 Å². The van der Waals surface area contributed by atoms with Crippen molar-refractivity contribution in [3.8, 4) is 5.75 Å². The zero-order valence-electron chi connectivity index (χ0n) is 7.12. The Morgan fingerprint density at radius 1 is 1.42 bits per heavy atom. The van der Waals surface area contributed by atoms with E-state index in [0.29, 0.717) is 15.0 Å². The van der Waals surface area contributed by atoms with E-state index >= 15 is 0 Å². The van der Waals surface area contributed by atoms with Crippen LogP contribution >= 0.6 is 0 Å². The predicted octanol–water partition coefficient (Wildman–Crippen LogP) is 1.63. The molecule has 0 aliphatic carbocycles. The summed E-state index contributed by atoms with van der Waals surface area (Å²) >= 11 is 0.536. The topological polar surface area (TPSA) is 9.23 Å². The van der Waals surface area contributed by atoms with Crippen molar-refractivity contribution in [1.29, 1.82) is 0 Å². The van der Waals surface area contributed by atoms with Crippen LogP contribution in [0.2, 0.25) is 5.32 Å². The van der Waals surface area contributed by atoms with Gasteiger partial charge in [0.25, 0.3) is 0 Å². The van der Waals surface area contributed by atoms with E-state index in [9.17, 15) is 0 Å². The molecule has 0 atom stereocenters. The summed E-state index contributed by atoms with van der Waals surface area (Å²) in [5, 5.41) is 1.10. The minimum absolute atomic E-state index is 0.536. The predicted molar refractivity (Wildman–Crippen MR) is 53.4 cm³/mol. The Kier molecular flexibility index (Phi) is 3.92. The summed E-state index contributed by atoms with van der Waals surface area (Å²) in [5.74, 6) is 0.924. The Hall–Kier alpha value is -0.721. The van der Waals surface area contributed by atoms with E-state index in [1.807, 2.05) is 18.2 Å². The van der Waals surface area contributed by atoms with Crippen LogP contribution in [-0.4, -0.2) is 22.1 Å². The van der Waals surface area contributed by atoms with Crippen LogP contribution in [0.3, 0.4) is 0 Å². The van der Waals surface area contributed by atoms with Crippen molar-refractivity contribution in [3.63, 3.8) is 0 Å². The summed E-state index contributed by atoms with van der Waals surface area (Å²) in [6.07, 6.45) is 1.96. The number of hydrogen-bond acceptors (Lipinski definition) is 1. The van der Waals surface area contributed by atoms with Crippen molar-refractivity contribution in [2.24, 2.45) is 0 Å². The van der Waals surface area contributed by atoms with Crippen molar-refractivity contribution >= 4 is 19.4 Å². The van der Waals surface area contributed by atoms with Crippen LogP contribution in [-0.2, 0) is 0 Å². The van der Waals surface area contributed by atoms with Crippen LogP contribution in [0.15, 0.2) is 36.9 Å². The summed E-state index contributed by atoms with van der Waals surface area (Å²) in [6, 6.07) is 8.23. The SMILES string of the molecule is C=CC[Se]c1ccc(OC)cc1. The molecule has 0 aromatic heterocycles. The minimum atomic E-state index is 0.536. The van der Waals surface area contributed by atoms with Gasteiger partial charge in [-0.05, 0) is 0 Å². The van der Waals surface area contributed by atoms with Gasteiger partial charge >= 0.3 is 79.3 Å². The zero-order chi connectivity index (χ0) is 8.81. The van der Waals surface area contributed by atoms with Crippen LogP contribution in [0.5, 0.6) is 5.75 Å². The molecule has 0 spiro atoms. The Bertz CT molecular complexity index is 241. The van der Waals surface area contributed by atoms with Gasteiger partial charge in [-0.1, -0.05) is 0 Å². The maximum atomic E-state index is 5.06. The molecule has 0 bridgehead atoms. The number of allylic oxidation sites excluding steroid dienone is 1. The first-order valence-corrected chi connectivity index (χ1v) is 5.81. The van der Waals surface area contributed by atoms with Gasteiger partial charge in [-0.15, -0.1) is 0 Å². The van der Waals surface area contributed by atoms with Gasteiger partial charge in [0.1, 0.15) is 0 Å². The first-order valence-electron chi connectivity index (χ1n) is 3.74. The molecular weight excluding hydrogens is 215 g/mol. The van der Waals surface area contributed by atoms with E-state index in [4.69, 9.17) is 4.74 Å². The molecule has 64 valence electrons. The van der Waals surface area contributed by atoms with E-state index in [1.165, 1.54) is 4.46 Å². The normalized spacial score (nSPS) is 9.42. The van der Waals surface area contributed by atoms with Gasteiger partial charge in [0.05, 0.1) is 0 Å². The Morgan fingerprint density at radius 2 is 2.08 bits per heavy atom. The fraction of sp³-hybridized carbons (Fsp3) is 0.200. The molecule has 0 radical (unpaired) electrons. The third-order valence-corrected chi connectivity index (χ3v) is 3.54. The fourth-order valence-corrected chi connectivity index (χ4v) is 2.17. The molecule has 2 heteroatoms. The van der Waals surface area contributed by atoms with E-state index in [0.717, 1.165) is 11.1 Å². The van der Waals surface area contributed by atoms with Crippen LogP contribution in [0.1, 0.15) is 0 Å². The summed E-state index contributed by atoms with van der Waals surface area (Å²) in [5.41, 5.74) is 0. The van der Waals surface area contributed by atoms with E-state index < -0.39 is 0 Å². The average Bonchev–Trinajstić information content (AvgIpc) is 2.15. The van der Waals surface area contributed by atoms with E-state index in [1.54, 1.807) is 7.11 Å². The van der Waals surface area contributed by atoms with Crippen molar-refractivity contribution in [3.05, 3.63) is 36.9 Å². The van der Waals surface area contributed by atoms with Crippen molar-refractivity contribution < 1.29 is 4.74 Å². The van der Waals surface area contributed by atoms with Crippen LogP contribution in [0, 0.1) is 0 Å². The monoisotopic (exact) mass is 228 g/mol. The molecule has 0 fully saturated rings. The number of rotatable bonds is 4. The zero-order valence-corrected chi connectivity index (χ0v) is 8.83. The van der Waals surface area contributed by atoms with Gasteiger partial charge in [-0.25, -0.2) is 0 Å². The van der Waals surface area contributed by atoms with Crippen molar-refractivity contribution in [1.82, 2.24) is 0 Å². The Morgan fingerprint density at radius 3 is 2.58 bits per heavy atom. The first-order chi connectivity index (χ1) is 5.86. The summed E-state index contributed by atoms with van der Waals surface area (Å²) < 4.78 is 6.45. The standard InChI is InChI=1S/C10H12OSe/c1-3-8-12-10-6-4-9(11-2)5-7-10/h3-7H,1,8H2,2H3. The van der Waals surface area contributed by atoms with Gasteiger partial charge in [-0.2, -0.15) is 0 Å². The number of hydrogen-bond donors (Lipinski definition) is 0. The number of benzene rings is 1. The Labute approximate surface area is 79.6 Å². The molecule has 0 amide bonds. The molecule has 0 aliphatic rings. The van der Waals surface area contributed by atoms with Gasteiger partial charge in [0, 0.05) is 0 Å². The van der Waals surface area contributed by atoms with Gasteiger partial charge in [0.15, 0.2) is 0 Å². The number of ether oxygens (including phenoxy) is 1. The molecule has 1 rings (SSSR count). The van der Waals surface area contributed by atoms with Crippen LogP contribution in [0.4, 0.5) is 0 Å². The Balaban J connectivity index is 2.58. The van der Waals surface area contributed by atoms with Crippen LogP contribution in [0.25, 0.3) is 0 Å². The molecule has 1 aromatic carbocycles. The van der Waals surface area contributed by atoms with Gasteiger partial charge in [-0.3, -0.25) is 0 Å². The molecular formula is C10H12OSe.